The smallest absolute Gasteiger partial charge is 0.339 e. The molecule has 0 radical (unpaired) electrons. The number of carbonyl (C=O) groups excluding carboxylic acids is 1. The summed E-state index contributed by atoms with van der Waals surface area (Å²) in [4.78, 5) is 27.4. The average molecular weight is 450 g/mol. The van der Waals surface area contributed by atoms with E-state index in [-0.39, 0.29) is 0 Å². The minimum atomic E-state index is -1.22. The first-order valence-electron chi connectivity index (χ1n) is 11.1. The van der Waals surface area contributed by atoms with Crippen molar-refractivity contribution in [3.8, 4) is 22.6 Å². The zero-order valence-corrected chi connectivity index (χ0v) is 18.7. The van der Waals surface area contributed by atoms with Gasteiger partial charge in [0.15, 0.2) is 5.76 Å². The normalized spacial score (nSPS) is 17.3. The minimum Gasteiger partial charge on any atom is -0.436 e. The van der Waals surface area contributed by atoms with Crippen LogP contribution in [0.5, 0.6) is 0 Å². The van der Waals surface area contributed by atoms with Gasteiger partial charge in [0.1, 0.15) is 5.69 Å². The van der Waals surface area contributed by atoms with Crippen molar-refractivity contribution in [3.63, 3.8) is 0 Å². The summed E-state index contributed by atoms with van der Waals surface area (Å²) in [7, 11) is 0. The highest BCUT2D eigenvalue weighted by atomic mass is 17.2. The van der Waals surface area contributed by atoms with Crippen LogP contribution < -0.4 is 0 Å². The van der Waals surface area contributed by atoms with Gasteiger partial charge in [-0.05, 0) is 17.2 Å². The van der Waals surface area contributed by atoms with Gasteiger partial charge in [0.25, 0.3) is 0 Å². The largest absolute Gasteiger partial charge is 0.436 e. The second-order valence-electron chi connectivity index (χ2n) is 8.07. The van der Waals surface area contributed by atoms with Gasteiger partial charge in [-0.2, -0.15) is 4.89 Å². The lowest BCUT2D eigenvalue weighted by Gasteiger charge is -2.28. The maximum Gasteiger partial charge on any atom is 0.339 e. The van der Waals surface area contributed by atoms with Crippen molar-refractivity contribution in [1.82, 2.24) is 4.98 Å². The number of benzene rings is 3. The number of rotatable bonds is 6. The monoisotopic (exact) mass is 449 g/mol. The molecule has 4 aromatic rings. The molecule has 0 aliphatic heterocycles. The Kier molecular flexibility index (Phi) is 5.93. The van der Waals surface area contributed by atoms with Crippen LogP contribution in [0.25, 0.3) is 28.2 Å². The molecule has 5 nitrogen and oxygen atoms in total. The first-order valence-corrected chi connectivity index (χ1v) is 11.1. The molecule has 1 aromatic heterocycles. The molecule has 1 heterocycles. The van der Waals surface area contributed by atoms with Crippen LogP contribution in [-0.4, -0.2) is 11.0 Å². The van der Waals surface area contributed by atoms with E-state index < -0.39 is 11.6 Å². The van der Waals surface area contributed by atoms with Crippen LogP contribution in [0.4, 0.5) is 0 Å². The summed E-state index contributed by atoms with van der Waals surface area (Å²) in [5.41, 5.74) is 3.33. The molecule has 1 atom stereocenters. The van der Waals surface area contributed by atoms with Crippen LogP contribution in [-0.2, 0) is 20.2 Å². The molecule has 0 fully saturated rings. The summed E-state index contributed by atoms with van der Waals surface area (Å²) < 4.78 is 6.41. The first kappa shape index (κ1) is 21.6. The van der Waals surface area contributed by atoms with Crippen LogP contribution in [0, 0.1) is 0 Å². The lowest BCUT2D eigenvalue weighted by atomic mass is 9.86. The Bertz CT molecular complexity index is 1280. The first-order chi connectivity index (χ1) is 16.6. The van der Waals surface area contributed by atoms with Crippen molar-refractivity contribution < 1.29 is 19.0 Å². The highest BCUT2D eigenvalue weighted by molar-refractivity contribution is 5.77. The van der Waals surface area contributed by atoms with E-state index in [4.69, 9.17) is 19.2 Å². The maximum atomic E-state index is 11.7. The second kappa shape index (κ2) is 9.33. The Labute approximate surface area is 197 Å². The van der Waals surface area contributed by atoms with Crippen molar-refractivity contribution in [2.75, 3.05) is 0 Å². The van der Waals surface area contributed by atoms with Crippen LogP contribution in [0.3, 0.4) is 0 Å². The fourth-order valence-corrected chi connectivity index (χ4v) is 4.02. The van der Waals surface area contributed by atoms with Crippen LogP contribution in [0.1, 0.15) is 24.8 Å². The predicted octanol–water partition coefficient (Wildman–Crippen LogP) is 6.74. The van der Waals surface area contributed by atoms with Crippen molar-refractivity contribution in [1.29, 1.82) is 0 Å². The van der Waals surface area contributed by atoms with Gasteiger partial charge in [-0.3, -0.25) is 4.89 Å². The molecule has 0 saturated carbocycles. The lowest BCUT2D eigenvalue weighted by Crippen LogP contribution is -2.31. The Hall–Kier alpha value is -4.22. The van der Waals surface area contributed by atoms with E-state index in [1.165, 1.54) is 6.92 Å². The van der Waals surface area contributed by atoms with Crippen LogP contribution >= 0.6 is 0 Å². The number of hydrogen-bond acceptors (Lipinski definition) is 5. The van der Waals surface area contributed by atoms with E-state index in [1.807, 2.05) is 109 Å². The number of allylic oxidation sites excluding steroid dienone is 2. The highest BCUT2D eigenvalue weighted by Crippen LogP contribution is 2.43. The standard InChI is InChI=1S/C29H23NO4/c1-21(31)33-34-29(19-11-18-25(20-29)22-12-5-2-6-13-22)28-30-26(23-14-7-3-8-15-23)27(32-28)24-16-9-4-10-17-24/h2-19H,20H2,1H3. The summed E-state index contributed by atoms with van der Waals surface area (Å²) in [6, 6.07) is 29.6. The molecule has 0 bridgehead atoms. The molecule has 0 amide bonds. The quantitative estimate of drug-likeness (QED) is 0.241. The Morgan fingerprint density at radius 1 is 0.853 bits per heavy atom. The van der Waals surface area contributed by atoms with E-state index in [1.54, 1.807) is 0 Å². The van der Waals surface area contributed by atoms with Crippen molar-refractivity contribution in [3.05, 3.63) is 121 Å². The molecule has 5 heteroatoms. The molecule has 0 saturated heterocycles. The van der Waals surface area contributed by atoms with Crippen molar-refractivity contribution >= 4 is 11.5 Å². The van der Waals surface area contributed by atoms with Crippen molar-refractivity contribution in [2.24, 2.45) is 0 Å². The van der Waals surface area contributed by atoms with E-state index in [0.29, 0.717) is 23.8 Å². The number of aromatic nitrogens is 1. The number of nitrogens with zero attached hydrogens (tertiary/aromatic N) is 1. The summed E-state index contributed by atoms with van der Waals surface area (Å²) in [5.74, 6) is 0.378. The third-order valence-corrected chi connectivity index (χ3v) is 5.64. The predicted molar refractivity (Wildman–Crippen MR) is 130 cm³/mol. The molecule has 1 unspecified atom stereocenters. The van der Waals surface area contributed by atoms with Gasteiger partial charge in [0.05, 0.1) is 0 Å². The number of oxazole rings is 1. The topological polar surface area (TPSA) is 61.6 Å². The number of hydrogen-bond donors (Lipinski definition) is 0. The molecular weight excluding hydrogens is 426 g/mol. The van der Waals surface area contributed by atoms with Gasteiger partial charge in [-0.25, -0.2) is 9.78 Å². The molecule has 0 N–H and O–H groups in total. The molecule has 5 rings (SSSR count). The van der Waals surface area contributed by atoms with E-state index in [9.17, 15) is 4.79 Å². The SMILES string of the molecule is CC(=O)OOC1(c2nc(-c3ccccc3)c(-c3ccccc3)o2)C=CC=C(c2ccccc2)C1. The molecule has 3 aromatic carbocycles. The molecule has 0 spiro atoms. The molecular formula is C29H23NO4. The van der Waals surface area contributed by atoms with E-state index in [0.717, 1.165) is 22.3 Å². The van der Waals surface area contributed by atoms with Crippen LogP contribution in [0.2, 0.25) is 0 Å². The van der Waals surface area contributed by atoms with Gasteiger partial charge in [-0.15, -0.1) is 0 Å². The summed E-state index contributed by atoms with van der Waals surface area (Å²) in [6.45, 7) is 1.30. The van der Waals surface area contributed by atoms with Gasteiger partial charge in [-0.1, -0.05) is 103 Å². The summed E-state index contributed by atoms with van der Waals surface area (Å²) in [6.07, 6.45) is 6.09. The fraction of sp³-hybridized carbons (Fsp3) is 0.103. The highest BCUT2D eigenvalue weighted by Gasteiger charge is 2.42. The van der Waals surface area contributed by atoms with E-state index in [2.05, 4.69) is 0 Å². The average Bonchev–Trinajstić information content (AvgIpc) is 3.36. The van der Waals surface area contributed by atoms with Gasteiger partial charge in [0.2, 0.25) is 11.5 Å². The Morgan fingerprint density at radius 3 is 2.06 bits per heavy atom. The summed E-state index contributed by atoms with van der Waals surface area (Å²) >= 11 is 0. The lowest BCUT2D eigenvalue weighted by molar-refractivity contribution is -0.327. The zero-order valence-electron chi connectivity index (χ0n) is 18.7. The van der Waals surface area contributed by atoms with Gasteiger partial charge in [0, 0.05) is 24.5 Å². The zero-order chi connectivity index (χ0) is 23.4. The Balaban J connectivity index is 1.64. The molecule has 1 aliphatic rings. The van der Waals surface area contributed by atoms with Crippen LogP contribution in [0.15, 0.2) is 114 Å². The third-order valence-electron chi connectivity index (χ3n) is 5.64. The third kappa shape index (κ3) is 4.34. The fourth-order valence-electron chi connectivity index (χ4n) is 4.02. The molecule has 34 heavy (non-hydrogen) atoms. The minimum absolute atomic E-state index is 0.309. The second-order valence-corrected chi connectivity index (χ2v) is 8.07. The Morgan fingerprint density at radius 2 is 1.44 bits per heavy atom. The number of carbonyl (C=O) groups is 1. The molecule has 168 valence electrons. The van der Waals surface area contributed by atoms with Gasteiger partial charge < -0.3 is 4.42 Å². The summed E-state index contributed by atoms with van der Waals surface area (Å²) in [5, 5.41) is 0. The van der Waals surface area contributed by atoms with E-state index >= 15 is 0 Å². The van der Waals surface area contributed by atoms with Gasteiger partial charge >= 0.3 is 5.97 Å². The van der Waals surface area contributed by atoms with Crippen molar-refractivity contribution in [2.45, 2.75) is 18.9 Å². The maximum absolute atomic E-state index is 11.7. The molecule has 1 aliphatic carbocycles.